The number of ether oxygens (including phenoxy) is 3. The summed E-state index contributed by atoms with van der Waals surface area (Å²) in [6.45, 7) is 18.0. The maximum absolute atomic E-state index is 13.2. The molecule has 52 heavy (non-hydrogen) atoms. The fourth-order valence-corrected chi connectivity index (χ4v) is 5.23. The molecule has 0 saturated heterocycles. The van der Waals surface area contributed by atoms with Crippen molar-refractivity contribution in [3.05, 3.63) is 59.7 Å². The van der Waals surface area contributed by atoms with Crippen LogP contribution in [0.3, 0.4) is 0 Å². The number of carboxylic acids is 1. The molecule has 3 rings (SSSR count). The van der Waals surface area contributed by atoms with E-state index in [4.69, 9.17) is 14.2 Å². The second kappa shape index (κ2) is 19.1. The second-order valence-electron chi connectivity index (χ2n) is 15.5. The molecular formula is C39H57N3O9S. The lowest BCUT2D eigenvalue weighted by Gasteiger charge is -2.29. The van der Waals surface area contributed by atoms with E-state index in [0.717, 1.165) is 22.3 Å². The molecule has 1 aliphatic rings. The van der Waals surface area contributed by atoms with Crippen LogP contribution < -0.4 is 16.0 Å². The molecule has 0 bridgehead atoms. The van der Waals surface area contributed by atoms with Gasteiger partial charge in [0.05, 0.1) is 18.2 Å². The molecule has 288 valence electrons. The van der Waals surface area contributed by atoms with Gasteiger partial charge in [-0.15, -0.1) is 0 Å². The minimum atomic E-state index is -1.37. The van der Waals surface area contributed by atoms with Gasteiger partial charge in [0.2, 0.25) is 11.8 Å². The van der Waals surface area contributed by atoms with Crippen molar-refractivity contribution in [2.45, 2.75) is 122 Å². The van der Waals surface area contributed by atoms with Crippen LogP contribution in [0, 0.1) is 0 Å². The average molecular weight is 744 g/mol. The number of alkyl carbamates (subject to hydrolysis) is 1. The van der Waals surface area contributed by atoms with E-state index < -0.39 is 65.8 Å². The van der Waals surface area contributed by atoms with Crippen molar-refractivity contribution < 1.29 is 43.3 Å². The molecule has 4 N–H and O–H groups in total. The number of hydrogen-bond donors (Lipinski definition) is 4. The number of amides is 3. The zero-order valence-electron chi connectivity index (χ0n) is 32.4. The van der Waals surface area contributed by atoms with Gasteiger partial charge in [0.25, 0.3) is 0 Å². The molecule has 2 aromatic carbocycles. The van der Waals surface area contributed by atoms with Crippen molar-refractivity contribution >= 4 is 41.6 Å². The highest BCUT2D eigenvalue weighted by atomic mass is 32.2. The first-order valence-electron chi connectivity index (χ1n) is 17.4. The predicted octanol–water partition coefficient (Wildman–Crippen LogP) is 6.05. The van der Waals surface area contributed by atoms with E-state index in [1.54, 1.807) is 41.5 Å². The van der Waals surface area contributed by atoms with Gasteiger partial charge >= 0.3 is 18.0 Å². The molecular weight excluding hydrogens is 687 g/mol. The SMILES string of the molecule is CC(OC(C)(C)C)C(NC(=O)CNC(=O)C(CCC(=O)OC(C)(C)C)NC(=O)OCC1c2ccccc2-c2ccccc21)C(=O)O.CSC(C)(C)C. The van der Waals surface area contributed by atoms with Gasteiger partial charge in [-0.25, -0.2) is 9.59 Å². The van der Waals surface area contributed by atoms with Gasteiger partial charge in [0.15, 0.2) is 6.04 Å². The maximum Gasteiger partial charge on any atom is 0.407 e. The topological polar surface area (TPSA) is 169 Å². The second-order valence-corrected chi connectivity index (χ2v) is 17.1. The van der Waals surface area contributed by atoms with Gasteiger partial charge in [-0.1, -0.05) is 69.3 Å². The monoisotopic (exact) mass is 743 g/mol. The molecule has 0 saturated carbocycles. The zero-order chi connectivity index (χ0) is 39.4. The number of rotatable bonds is 13. The summed E-state index contributed by atoms with van der Waals surface area (Å²) in [7, 11) is 0. The van der Waals surface area contributed by atoms with Gasteiger partial charge in [0, 0.05) is 17.1 Å². The first-order chi connectivity index (χ1) is 24.0. The Morgan fingerprint density at radius 3 is 1.81 bits per heavy atom. The van der Waals surface area contributed by atoms with Crippen molar-refractivity contribution in [1.29, 1.82) is 0 Å². The largest absolute Gasteiger partial charge is 0.480 e. The third-order valence-electron chi connectivity index (χ3n) is 7.64. The summed E-state index contributed by atoms with van der Waals surface area (Å²) in [6.07, 6.45) is 0.0399. The Morgan fingerprint density at radius 1 is 0.827 bits per heavy atom. The number of thioether (sulfide) groups is 1. The van der Waals surface area contributed by atoms with Crippen molar-refractivity contribution in [2.24, 2.45) is 0 Å². The van der Waals surface area contributed by atoms with Crippen molar-refractivity contribution in [3.63, 3.8) is 0 Å². The average Bonchev–Trinajstić information content (AvgIpc) is 3.35. The predicted molar refractivity (Wildman–Crippen MR) is 203 cm³/mol. The zero-order valence-corrected chi connectivity index (χ0v) is 33.2. The normalized spacial score (nSPS) is 14.3. The lowest BCUT2D eigenvalue weighted by Crippen LogP contribution is -2.54. The summed E-state index contributed by atoms with van der Waals surface area (Å²) in [4.78, 5) is 62.9. The van der Waals surface area contributed by atoms with Crippen LogP contribution >= 0.6 is 11.8 Å². The van der Waals surface area contributed by atoms with Gasteiger partial charge in [-0.2, -0.15) is 11.8 Å². The number of esters is 1. The molecule has 3 amide bonds. The number of carbonyl (C=O) groups is 5. The highest BCUT2D eigenvalue weighted by Crippen LogP contribution is 2.44. The third kappa shape index (κ3) is 15.2. The highest BCUT2D eigenvalue weighted by Gasteiger charge is 2.32. The van der Waals surface area contributed by atoms with Crippen molar-refractivity contribution in [3.8, 4) is 11.1 Å². The third-order valence-corrected chi connectivity index (χ3v) is 8.86. The Hall–Kier alpha value is -4.10. The van der Waals surface area contributed by atoms with Gasteiger partial charge in [-0.3, -0.25) is 14.4 Å². The number of fused-ring (bicyclic) bond motifs is 3. The Balaban J connectivity index is 0.00000143. The Labute approximate surface area is 312 Å². The van der Waals surface area contributed by atoms with E-state index in [1.165, 1.54) is 6.92 Å². The van der Waals surface area contributed by atoms with E-state index in [0.29, 0.717) is 4.75 Å². The number of carbonyl (C=O) groups excluding carboxylic acids is 4. The number of carboxylic acid groups (broad SMARTS) is 1. The van der Waals surface area contributed by atoms with Crippen LogP contribution in [-0.2, 0) is 33.4 Å². The number of nitrogens with one attached hydrogen (secondary N) is 3. The van der Waals surface area contributed by atoms with E-state index >= 15 is 0 Å². The summed E-state index contributed by atoms with van der Waals surface area (Å²) in [5, 5.41) is 16.9. The molecule has 0 radical (unpaired) electrons. The van der Waals surface area contributed by atoms with Crippen LogP contribution in [0.2, 0.25) is 0 Å². The van der Waals surface area contributed by atoms with Gasteiger partial charge in [0.1, 0.15) is 18.2 Å². The molecule has 0 spiro atoms. The molecule has 2 aromatic rings. The van der Waals surface area contributed by atoms with Crippen molar-refractivity contribution in [2.75, 3.05) is 19.4 Å². The molecule has 12 nitrogen and oxygen atoms in total. The standard InChI is InChI=1S/C34H45N3O9.C5H12S/c1-20(45-33(2,3)4)29(31(41)42)37-27(38)18-35-30(40)26(16-17-28(39)46-34(5,6)7)36-32(43)44-19-25-23-14-10-8-12-21(23)22-13-9-11-15-24(22)25;1-5(2,3)6-4/h8-15,20,25-26,29H,16-19H2,1-7H3,(H,35,40)(H,36,43)(H,37,38)(H,41,42);1-4H3. The van der Waals surface area contributed by atoms with Crippen LogP contribution in [0.15, 0.2) is 48.5 Å². The summed E-state index contributed by atoms with van der Waals surface area (Å²) >= 11 is 1.88. The maximum atomic E-state index is 13.2. The van der Waals surface area contributed by atoms with Crippen LogP contribution in [0.4, 0.5) is 4.79 Å². The van der Waals surface area contributed by atoms with E-state index in [1.807, 2.05) is 60.3 Å². The van der Waals surface area contributed by atoms with Crippen molar-refractivity contribution in [1.82, 2.24) is 16.0 Å². The molecule has 0 heterocycles. The number of aliphatic carboxylic acids is 1. The lowest BCUT2D eigenvalue weighted by molar-refractivity contribution is -0.155. The van der Waals surface area contributed by atoms with Crippen LogP contribution in [0.1, 0.15) is 99.1 Å². The smallest absolute Gasteiger partial charge is 0.407 e. The minimum Gasteiger partial charge on any atom is -0.480 e. The van der Waals surface area contributed by atoms with E-state index in [-0.39, 0.29) is 25.4 Å². The highest BCUT2D eigenvalue weighted by molar-refractivity contribution is 7.99. The molecule has 0 aromatic heterocycles. The van der Waals surface area contributed by atoms with Crippen LogP contribution in [0.5, 0.6) is 0 Å². The summed E-state index contributed by atoms with van der Waals surface area (Å²) in [5.41, 5.74) is 2.75. The molecule has 3 atom stereocenters. The molecule has 3 unspecified atom stereocenters. The Kier molecular flexibility index (Phi) is 16.2. The quantitative estimate of drug-likeness (QED) is 0.177. The van der Waals surface area contributed by atoms with E-state index in [2.05, 4.69) is 43.0 Å². The van der Waals surface area contributed by atoms with E-state index in [9.17, 15) is 29.1 Å². The molecule has 1 aliphatic carbocycles. The first-order valence-corrected chi connectivity index (χ1v) is 18.6. The summed E-state index contributed by atoms with van der Waals surface area (Å²) in [5.74, 6) is -3.63. The van der Waals surface area contributed by atoms with Crippen LogP contribution in [-0.4, -0.2) is 88.5 Å². The summed E-state index contributed by atoms with van der Waals surface area (Å²) in [6, 6.07) is 13.1. The van der Waals surface area contributed by atoms with Crippen LogP contribution in [0.25, 0.3) is 11.1 Å². The van der Waals surface area contributed by atoms with Gasteiger partial charge in [-0.05, 0) is 83.4 Å². The molecule has 0 fully saturated rings. The minimum absolute atomic E-state index is 0.00800. The van der Waals surface area contributed by atoms with Gasteiger partial charge < -0.3 is 35.3 Å². The summed E-state index contributed by atoms with van der Waals surface area (Å²) < 4.78 is 17.0. The Morgan fingerprint density at radius 2 is 1.35 bits per heavy atom. The molecule has 0 aliphatic heterocycles. The number of benzene rings is 2. The first kappa shape index (κ1) is 44.1. The molecule has 13 heteroatoms. The number of hydrogen-bond acceptors (Lipinski definition) is 9. The fourth-order valence-electron chi connectivity index (χ4n) is 5.23. The lowest BCUT2D eigenvalue weighted by atomic mass is 9.98. The Bertz CT molecular complexity index is 1500. The fraction of sp³-hybridized carbons (Fsp3) is 0.564.